The molecule has 4 nitrogen and oxygen atoms in total. The summed E-state index contributed by atoms with van der Waals surface area (Å²) in [7, 11) is 0. The van der Waals surface area contributed by atoms with Crippen LogP contribution in [0.2, 0.25) is 0 Å². The van der Waals surface area contributed by atoms with Gasteiger partial charge in [-0.05, 0) is 31.2 Å². The minimum absolute atomic E-state index is 0.0735. The monoisotopic (exact) mass is 345 g/mol. The molecule has 1 aromatic carbocycles. The SMILES string of the molecule is Cc1cccc(-c2ccc(/C=C3\SCN(CC(=O)O)C3=S)o2)c1. The van der Waals surface area contributed by atoms with Gasteiger partial charge in [0.1, 0.15) is 23.1 Å². The molecule has 1 aliphatic heterocycles. The van der Waals surface area contributed by atoms with Crippen LogP contribution in [-0.4, -0.2) is 33.4 Å². The second kappa shape index (κ2) is 6.60. The van der Waals surface area contributed by atoms with E-state index in [9.17, 15) is 4.79 Å². The normalized spacial score (nSPS) is 16.3. The summed E-state index contributed by atoms with van der Waals surface area (Å²) in [6.45, 7) is 1.97. The number of hydrogen-bond acceptors (Lipinski definition) is 4. The molecule has 6 heteroatoms. The van der Waals surface area contributed by atoms with Gasteiger partial charge in [-0.2, -0.15) is 0 Å². The van der Waals surface area contributed by atoms with Crippen molar-refractivity contribution in [3.63, 3.8) is 0 Å². The molecule has 2 aromatic rings. The van der Waals surface area contributed by atoms with Gasteiger partial charge >= 0.3 is 5.97 Å². The van der Waals surface area contributed by atoms with Crippen LogP contribution in [0.3, 0.4) is 0 Å². The molecule has 0 saturated carbocycles. The summed E-state index contributed by atoms with van der Waals surface area (Å²) in [5.74, 6) is 1.19. The van der Waals surface area contributed by atoms with E-state index in [-0.39, 0.29) is 6.54 Å². The molecule has 118 valence electrons. The first-order chi connectivity index (χ1) is 11.0. The Balaban J connectivity index is 1.79. The maximum Gasteiger partial charge on any atom is 0.323 e. The van der Waals surface area contributed by atoms with E-state index >= 15 is 0 Å². The predicted molar refractivity (Wildman–Crippen MR) is 96.3 cm³/mol. The van der Waals surface area contributed by atoms with Crippen molar-refractivity contribution in [2.24, 2.45) is 0 Å². The molecule has 0 radical (unpaired) electrons. The van der Waals surface area contributed by atoms with Gasteiger partial charge < -0.3 is 14.4 Å². The number of hydrogen-bond donors (Lipinski definition) is 1. The fourth-order valence-corrected chi connectivity index (χ4v) is 3.73. The predicted octanol–water partition coefficient (Wildman–Crippen LogP) is 4.01. The van der Waals surface area contributed by atoms with E-state index < -0.39 is 5.97 Å². The highest BCUT2D eigenvalue weighted by molar-refractivity contribution is 8.06. The molecule has 0 spiro atoms. The molecule has 0 atom stereocenters. The molecular formula is C17H15NO3S2. The lowest BCUT2D eigenvalue weighted by Crippen LogP contribution is -2.29. The van der Waals surface area contributed by atoms with Gasteiger partial charge in [0.05, 0.1) is 5.88 Å². The molecule has 0 aliphatic carbocycles. The number of benzene rings is 1. The highest BCUT2D eigenvalue weighted by Crippen LogP contribution is 2.32. The molecular weight excluding hydrogens is 330 g/mol. The molecule has 0 unspecified atom stereocenters. The highest BCUT2D eigenvalue weighted by atomic mass is 32.2. The van der Waals surface area contributed by atoms with Crippen LogP contribution < -0.4 is 0 Å². The average molecular weight is 345 g/mol. The number of thiocarbonyl (C=S) groups is 1. The molecule has 3 rings (SSSR count). The van der Waals surface area contributed by atoms with Gasteiger partial charge in [0.25, 0.3) is 0 Å². The van der Waals surface area contributed by atoms with E-state index in [0.29, 0.717) is 16.6 Å². The van der Waals surface area contributed by atoms with Gasteiger partial charge in [0, 0.05) is 10.5 Å². The third-order valence-corrected chi connectivity index (χ3v) is 5.07. The Morgan fingerprint density at radius 1 is 1.43 bits per heavy atom. The molecule has 23 heavy (non-hydrogen) atoms. The molecule has 2 heterocycles. The zero-order valence-corrected chi connectivity index (χ0v) is 14.1. The first-order valence-corrected chi connectivity index (χ1v) is 8.45. The Morgan fingerprint density at radius 2 is 2.26 bits per heavy atom. The Kier molecular flexibility index (Phi) is 4.54. The van der Waals surface area contributed by atoms with Crippen molar-refractivity contribution < 1.29 is 14.3 Å². The number of carbonyl (C=O) groups is 1. The molecule has 1 saturated heterocycles. The van der Waals surface area contributed by atoms with Crippen molar-refractivity contribution in [1.82, 2.24) is 4.90 Å². The quantitative estimate of drug-likeness (QED) is 0.667. The highest BCUT2D eigenvalue weighted by Gasteiger charge is 2.24. The standard InChI is InChI=1S/C17H15NO3S2/c1-11-3-2-4-12(7-11)14-6-5-13(21-14)8-15-17(22)18(10-23-15)9-16(19)20/h2-8H,9-10H2,1H3,(H,19,20)/b15-8-. The van der Waals surface area contributed by atoms with Crippen molar-refractivity contribution >= 4 is 41.0 Å². The first kappa shape index (κ1) is 15.8. The minimum Gasteiger partial charge on any atom is -0.480 e. The van der Waals surface area contributed by atoms with E-state index in [1.54, 1.807) is 4.90 Å². The van der Waals surface area contributed by atoms with Crippen LogP contribution in [0.5, 0.6) is 0 Å². The molecule has 1 fully saturated rings. The molecule has 1 aliphatic rings. The van der Waals surface area contributed by atoms with Gasteiger partial charge in [-0.25, -0.2) is 0 Å². The van der Waals surface area contributed by atoms with Crippen LogP contribution in [0.4, 0.5) is 0 Å². The van der Waals surface area contributed by atoms with Crippen molar-refractivity contribution in [1.29, 1.82) is 0 Å². The first-order valence-electron chi connectivity index (χ1n) is 7.05. The lowest BCUT2D eigenvalue weighted by atomic mass is 10.1. The number of carboxylic acids is 1. The Bertz CT molecular complexity index is 795. The largest absolute Gasteiger partial charge is 0.480 e. The summed E-state index contributed by atoms with van der Waals surface area (Å²) >= 11 is 6.85. The summed E-state index contributed by atoms with van der Waals surface area (Å²) < 4.78 is 5.87. The minimum atomic E-state index is -0.881. The number of aryl methyl sites for hydroxylation is 1. The number of aliphatic carboxylic acids is 1. The van der Waals surface area contributed by atoms with Gasteiger partial charge in [-0.3, -0.25) is 4.79 Å². The topological polar surface area (TPSA) is 53.7 Å². The zero-order chi connectivity index (χ0) is 16.4. The molecule has 1 N–H and O–H groups in total. The van der Waals surface area contributed by atoms with E-state index in [1.807, 2.05) is 43.3 Å². The zero-order valence-electron chi connectivity index (χ0n) is 12.5. The fraction of sp³-hybridized carbons (Fsp3) is 0.176. The molecule has 1 aromatic heterocycles. The number of rotatable bonds is 4. The van der Waals surface area contributed by atoms with Gasteiger partial charge in [0.2, 0.25) is 0 Å². The van der Waals surface area contributed by atoms with E-state index in [0.717, 1.165) is 16.2 Å². The Morgan fingerprint density at radius 3 is 3.00 bits per heavy atom. The summed E-state index contributed by atoms with van der Waals surface area (Å²) in [5.41, 5.74) is 2.21. The van der Waals surface area contributed by atoms with Crippen LogP contribution in [0.25, 0.3) is 17.4 Å². The van der Waals surface area contributed by atoms with Gasteiger partial charge in [0.15, 0.2) is 0 Å². The smallest absolute Gasteiger partial charge is 0.323 e. The second-order valence-electron chi connectivity index (χ2n) is 5.25. The molecule has 0 bridgehead atoms. The number of furan rings is 1. The van der Waals surface area contributed by atoms with Crippen molar-refractivity contribution in [3.05, 3.63) is 52.6 Å². The number of carboxylic acid groups (broad SMARTS) is 1. The maximum absolute atomic E-state index is 10.8. The van der Waals surface area contributed by atoms with Gasteiger partial charge in [-0.15, -0.1) is 11.8 Å². The lowest BCUT2D eigenvalue weighted by molar-refractivity contribution is -0.137. The van der Waals surface area contributed by atoms with E-state index in [2.05, 4.69) is 6.07 Å². The van der Waals surface area contributed by atoms with E-state index in [4.69, 9.17) is 21.7 Å². The van der Waals surface area contributed by atoms with Crippen LogP contribution in [0.1, 0.15) is 11.3 Å². The summed E-state index contributed by atoms with van der Waals surface area (Å²) in [4.78, 5) is 13.9. The lowest BCUT2D eigenvalue weighted by Gasteiger charge is -2.12. The van der Waals surface area contributed by atoms with Crippen LogP contribution in [0, 0.1) is 6.92 Å². The van der Waals surface area contributed by atoms with Crippen LogP contribution in [0.15, 0.2) is 45.7 Å². The second-order valence-corrected chi connectivity index (χ2v) is 6.62. The summed E-state index contributed by atoms with van der Waals surface area (Å²) in [6, 6.07) is 11.9. The average Bonchev–Trinajstić information content (AvgIpc) is 3.09. The molecule has 0 amide bonds. The number of thioether (sulfide) groups is 1. The maximum atomic E-state index is 10.8. The summed E-state index contributed by atoms with van der Waals surface area (Å²) in [6.07, 6.45) is 1.87. The third kappa shape index (κ3) is 3.65. The number of nitrogens with zero attached hydrogens (tertiary/aromatic N) is 1. The van der Waals surface area contributed by atoms with Crippen LogP contribution >= 0.6 is 24.0 Å². The van der Waals surface area contributed by atoms with Crippen molar-refractivity contribution in [2.45, 2.75) is 6.92 Å². The van der Waals surface area contributed by atoms with Crippen molar-refractivity contribution in [3.8, 4) is 11.3 Å². The Labute approximate surface area is 143 Å². The van der Waals surface area contributed by atoms with E-state index in [1.165, 1.54) is 17.3 Å². The third-order valence-electron chi connectivity index (χ3n) is 3.40. The van der Waals surface area contributed by atoms with Gasteiger partial charge in [-0.1, -0.05) is 36.0 Å². The fourth-order valence-electron chi connectivity index (χ4n) is 2.32. The van der Waals surface area contributed by atoms with Crippen molar-refractivity contribution in [2.75, 3.05) is 12.4 Å². The summed E-state index contributed by atoms with van der Waals surface area (Å²) in [5, 5.41) is 8.87. The Hall–Kier alpha value is -2.05. The van der Waals surface area contributed by atoms with Crippen LogP contribution in [-0.2, 0) is 4.79 Å².